The van der Waals surface area contributed by atoms with Crippen molar-refractivity contribution in [3.63, 3.8) is 0 Å². The Bertz CT molecular complexity index is 574. The van der Waals surface area contributed by atoms with E-state index in [1.54, 1.807) is 6.26 Å². The summed E-state index contributed by atoms with van der Waals surface area (Å²) in [6.45, 7) is 6.53. The molecule has 0 saturated carbocycles. The van der Waals surface area contributed by atoms with E-state index in [0.29, 0.717) is 19.3 Å². The van der Waals surface area contributed by atoms with Crippen LogP contribution in [0.3, 0.4) is 0 Å². The van der Waals surface area contributed by atoms with Gasteiger partial charge in [0, 0.05) is 12.6 Å². The van der Waals surface area contributed by atoms with E-state index in [-0.39, 0.29) is 10.7 Å². The number of ether oxygens (including phenoxy) is 1. The lowest BCUT2D eigenvalue weighted by Gasteiger charge is -2.35. The predicted molar refractivity (Wildman–Crippen MR) is 96.2 cm³/mol. The fraction of sp³-hybridized carbons (Fsp3) is 0.526. The van der Waals surface area contributed by atoms with Crippen LogP contribution in [0.4, 0.5) is 0 Å². The van der Waals surface area contributed by atoms with Crippen LogP contribution in [0.5, 0.6) is 0 Å². The number of rotatable bonds is 5. The van der Waals surface area contributed by atoms with Gasteiger partial charge >= 0.3 is 0 Å². The summed E-state index contributed by atoms with van der Waals surface area (Å²) in [5.41, 5.74) is 0.893. The highest BCUT2D eigenvalue weighted by molar-refractivity contribution is 8.13. The first-order chi connectivity index (χ1) is 11.0. The molecule has 0 N–H and O–H groups in total. The van der Waals surface area contributed by atoms with Gasteiger partial charge in [0.1, 0.15) is 0 Å². The predicted octanol–water partition coefficient (Wildman–Crippen LogP) is 3.34. The number of thioether (sulfide) groups is 1. The summed E-state index contributed by atoms with van der Waals surface area (Å²) < 4.78 is 5.91. The standard InChI is InChI=1S/C19H25NO2S/c1-19(2,12-11-18(21)23-3)20-13-7-10-17(20)15-22-14-16-8-5-4-6-9-16/h4-6,8-9,17H,7,10,13-15H2,1-3H3/t17-/m0/s1. The van der Waals surface area contributed by atoms with E-state index in [1.165, 1.54) is 5.56 Å². The Hall–Kier alpha value is -1.28. The Balaban J connectivity index is 1.91. The van der Waals surface area contributed by atoms with Crippen molar-refractivity contribution in [2.24, 2.45) is 0 Å². The van der Waals surface area contributed by atoms with Crippen molar-refractivity contribution in [2.45, 2.75) is 44.9 Å². The minimum Gasteiger partial charge on any atom is -0.375 e. The van der Waals surface area contributed by atoms with Gasteiger partial charge in [0.2, 0.25) is 0 Å². The van der Waals surface area contributed by atoms with Crippen molar-refractivity contribution in [2.75, 3.05) is 19.4 Å². The number of hydrogen-bond donors (Lipinski definition) is 0. The molecule has 1 aliphatic heterocycles. The molecule has 4 heteroatoms. The molecule has 1 atom stereocenters. The largest absolute Gasteiger partial charge is 0.375 e. The molecule has 0 spiro atoms. The molecule has 1 aliphatic rings. The number of carbonyl (C=O) groups excluding carboxylic acids is 1. The minimum atomic E-state index is -0.303. The van der Waals surface area contributed by atoms with Crippen LogP contribution in [0, 0.1) is 11.8 Å². The zero-order chi connectivity index (χ0) is 16.7. The van der Waals surface area contributed by atoms with E-state index in [1.807, 2.05) is 18.2 Å². The Morgan fingerprint density at radius 1 is 1.39 bits per heavy atom. The minimum absolute atomic E-state index is 0.0749. The third-order valence-corrected chi connectivity index (χ3v) is 4.65. The summed E-state index contributed by atoms with van der Waals surface area (Å²) in [4.78, 5) is 13.8. The molecule has 1 aromatic carbocycles. The van der Waals surface area contributed by atoms with Gasteiger partial charge in [0.15, 0.2) is 0 Å². The SMILES string of the molecule is CSC(=O)C#CC(C)(C)N1CCC[C@H]1COCc1ccccc1. The molecule has 1 fully saturated rings. The second-order valence-corrected chi connectivity index (χ2v) is 7.07. The number of benzene rings is 1. The van der Waals surface area contributed by atoms with Crippen LogP contribution in [0.2, 0.25) is 0 Å². The maximum Gasteiger partial charge on any atom is 0.262 e. The molecule has 2 rings (SSSR count). The van der Waals surface area contributed by atoms with Crippen LogP contribution in [0.1, 0.15) is 32.3 Å². The zero-order valence-corrected chi connectivity index (χ0v) is 15.0. The van der Waals surface area contributed by atoms with E-state index >= 15 is 0 Å². The molecule has 0 unspecified atom stereocenters. The van der Waals surface area contributed by atoms with Crippen LogP contribution in [0.15, 0.2) is 30.3 Å². The van der Waals surface area contributed by atoms with E-state index in [4.69, 9.17) is 4.74 Å². The van der Waals surface area contributed by atoms with E-state index < -0.39 is 0 Å². The summed E-state index contributed by atoms with van der Waals surface area (Å²) in [5, 5.41) is -0.0749. The maximum atomic E-state index is 11.4. The lowest BCUT2D eigenvalue weighted by Crippen LogP contribution is -2.47. The molecule has 1 heterocycles. The molecule has 0 aliphatic carbocycles. The average molecular weight is 331 g/mol. The second-order valence-electron chi connectivity index (χ2n) is 6.29. The van der Waals surface area contributed by atoms with Crippen LogP contribution in [-0.4, -0.2) is 41.0 Å². The van der Waals surface area contributed by atoms with Gasteiger partial charge in [-0.05, 0) is 44.4 Å². The zero-order valence-electron chi connectivity index (χ0n) is 14.2. The number of hydrogen-bond acceptors (Lipinski definition) is 4. The molecular formula is C19H25NO2S. The lowest BCUT2D eigenvalue weighted by molar-refractivity contribution is -0.106. The molecule has 0 aromatic heterocycles. The van der Waals surface area contributed by atoms with Crippen molar-refractivity contribution in [1.82, 2.24) is 4.90 Å². The van der Waals surface area contributed by atoms with Crippen molar-refractivity contribution in [3.8, 4) is 11.8 Å². The Labute approximate surface area is 143 Å². The average Bonchev–Trinajstić information content (AvgIpc) is 3.03. The molecule has 124 valence electrons. The molecule has 1 aromatic rings. The first-order valence-electron chi connectivity index (χ1n) is 8.02. The molecular weight excluding hydrogens is 306 g/mol. The molecule has 0 amide bonds. The Morgan fingerprint density at radius 2 is 2.13 bits per heavy atom. The third-order valence-electron chi connectivity index (χ3n) is 4.17. The summed E-state index contributed by atoms with van der Waals surface area (Å²) in [6.07, 6.45) is 4.04. The highest BCUT2D eigenvalue weighted by Gasteiger charge is 2.35. The molecule has 0 radical (unpaired) electrons. The van der Waals surface area contributed by atoms with Gasteiger partial charge < -0.3 is 4.74 Å². The lowest BCUT2D eigenvalue weighted by atomic mass is 10.0. The van der Waals surface area contributed by atoms with E-state index in [9.17, 15) is 4.79 Å². The molecule has 0 bridgehead atoms. The van der Waals surface area contributed by atoms with Crippen LogP contribution >= 0.6 is 11.8 Å². The Kier molecular flexibility index (Phi) is 6.71. The first-order valence-corrected chi connectivity index (χ1v) is 9.25. The van der Waals surface area contributed by atoms with Crippen molar-refractivity contribution in [1.29, 1.82) is 0 Å². The summed E-state index contributed by atoms with van der Waals surface area (Å²) in [6, 6.07) is 10.6. The van der Waals surface area contributed by atoms with Gasteiger partial charge in [0.25, 0.3) is 5.12 Å². The molecule has 23 heavy (non-hydrogen) atoms. The Morgan fingerprint density at radius 3 is 2.83 bits per heavy atom. The first kappa shape index (κ1) is 18.1. The number of nitrogens with zero attached hydrogens (tertiary/aromatic N) is 1. The van der Waals surface area contributed by atoms with Gasteiger partial charge in [0.05, 0.1) is 18.8 Å². The van der Waals surface area contributed by atoms with E-state index in [0.717, 1.165) is 31.1 Å². The maximum absolute atomic E-state index is 11.4. The van der Waals surface area contributed by atoms with Gasteiger partial charge in [-0.2, -0.15) is 0 Å². The fourth-order valence-corrected chi connectivity index (χ4v) is 3.11. The van der Waals surface area contributed by atoms with E-state index in [2.05, 4.69) is 42.7 Å². The van der Waals surface area contributed by atoms with Crippen LogP contribution in [0.25, 0.3) is 0 Å². The quantitative estimate of drug-likeness (QED) is 0.774. The third kappa shape index (κ3) is 5.39. The molecule has 3 nitrogen and oxygen atoms in total. The van der Waals surface area contributed by atoms with Crippen molar-refractivity contribution < 1.29 is 9.53 Å². The number of carbonyl (C=O) groups is 1. The molecule has 1 saturated heterocycles. The van der Waals surface area contributed by atoms with Crippen LogP contribution < -0.4 is 0 Å². The van der Waals surface area contributed by atoms with Gasteiger partial charge in [-0.1, -0.05) is 48.0 Å². The van der Waals surface area contributed by atoms with Gasteiger partial charge in [-0.15, -0.1) is 0 Å². The number of likely N-dealkylation sites (tertiary alicyclic amines) is 1. The highest BCUT2D eigenvalue weighted by Crippen LogP contribution is 2.26. The normalized spacial score (nSPS) is 18.5. The van der Waals surface area contributed by atoms with Crippen LogP contribution in [-0.2, 0) is 16.1 Å². The summed E-state index contributed by atoms with van der Waals surface area (Å²) in [5.74, 6) is 5.88. The topological polar surface area (TPSA) is 29.5 Å². The second kappa shape index (κ2) is 8.54. The van der Waals surface area contributed by atoms with Crippen molar-refractivity contribution >= 4 is 16.9 Å². The smallest absolute Gasteiger partial charge is 0.262 e. The summed E-state index contributed by atoms with van der Waals surface area (Å²) in [7, 11) is 0. The van der Waals surface area contributed by atoms with Gasteiger partial charge in [-0.25, -0.2) is 0 Å². The van der Waals surface area contributed by atoms with Crippen molar-refractivity contribution in [3.05, 3.63) is 35.9 Å². The summed E-state index contributed by atoms with van der Waals surface area (Å²) >= 11 is 1.16. The highest BCUT2D eigenvalue weighted by atomic mass is 32.2. The fourth-order valence-electron chi connectivity index (χ4n) is 2.96. The monoisotopic (exact) mass is 331 g/mol. The van der Waals surface area contributed by atoms with Gasteiger partial charge in [-0.3, -0.25) is 9.69 Å².